The van der Waals surface area contributed by atoms with Crippen LogP contribution in [0.25, 0.3) is 15.9 Å². The van der Waals surface area contributed by atoms with Crippen LogP contribution in [0.2, 0.25) is 0 Å². The zero-order valence-electron chi connectivity index (χ0n) is 21.5. The lowest BCUT2D eigenvalue weighted by Gasteiger charge is -2.23. The molecule has 37 heavy (non-hydrogen) atoms. The van der Waals surface area contributed by atoms with Crippen molar-refractivity contribution in [1.29, 1.82) is 0 Å². The minimum Gasteiger partial charge on any atom is -0.308 e. The number of hydrogen-bond donors (Lipinski definition) is 0. The third kappa shape index (κ3) is 4.32. The summed E-state index contributed by atoms with van der Waals surface area (Å²) in [5.74, 6) is 0.276. The molecule has 6 rings (SSSR count). The first kappa shape index (κ1) is 24.4. The molecule has 2 aromatic carbocycles. The number of nitrogens with zero attached hydrogens (tertiary/aromatic N) is 3. The molecule has 0 N–H and O–H groups in total. The Kier molecular flexibility index (Phi) is 6.45. The fourth-order valence-corrected chi connectivity index (χ4v) is 8.04. The third-order valence-electron chi connectivity index (χ3n) is 7.60. The quantitative estimate of drug-likeness (QED) is 0.174. The lowest BCUT2D eigenvalue weighted by atomic mass is 10.1. The van der Waals surface area contributed by atoms with E-state index in [-0.39, 0.29) is 23.3 Å². The molecule has 5 nitrogen and oxygen atoms in total. The van der Waals surface area contributed by atoms with Crippen LogP contribution >= 0.6 is 23.1 Å². The molecule has 1 atom stereocenters. The molecule has 0 unspecified atom stereocenters. The number of thiophene rings is 1. The molecule has 0 radical (unpaired) electrons. The van der Waals surface area contributed by atoms with Gasteiger partial charge in [-0.1, -0.05) is 54.1 Å². The van der Waals surface area contributed by atoms with Gasteiger partial charge in [-0.3, -0.25) is 14.2 Å². The Morgan fingerprint density at radius 2 is 1.89 bits per heavy atom. The lowest BCUT2D eigenvalue weighted by molar-refractivity contribution is -0.116. The molecule has 1 aliphatic heterocycles. The number of aryl methyl sites for hydroxylation is 4. The summed E-state index contributed by atoms with van der Waals surface area (Å²) in [4.78, 5) is 36.7. The predicted molar refractivity (Wildman–Crippen MR) is 154 cm³/mol. The van der Waals surface area contributed by atoms with Crippen molar-refractivity contribution in [3.8, 4) is 5.69 Å². The van der Waals surface area contributed by atoms with Gasteiger partial charge in [-0.25, -0.2) is 4.98 Å². The molecule has 0 spiro atoms. The molecule has 0 fully saturated rings. The molecule has 2 aliphatic rings. The van der Waals surface area contributed by atoms with Gasteiger partial charge in [0.1, 0.15) is 4.83 Å². The maximum atomic E-state index is 14.2. The summed E-state index contributed by atoms with van der Waals surface area (Å²) in [6, 6.07) is 14.4. The zero-order valence-corrected chi connectivity index (χ0v) is 23.2. The van der Waals surface area contributed by atoms with Crippen LogP contribution in [0.1, 0.15) is 53.3 Å². The SMILES string of the molecule is Cc1ccc(-n2c(SCC(=O)N3c4ccccc4C[C@@H]3C)nc3sc4c(c3c2=O)CCCCC4)c(C)c1. The lowest BCUT2D eigenvalue weighted by Crippen LogP contribution is -2.37. The van der Waals surface area contributed by atoms with Crippen LogP contribution in [-0.4, -0.2) is 27.3 Å². The van der Waals surface area contributed by atoms with Crippen LogP contribution < -0.4 is 10.5 Å². The first-order valence-corrected chi connectivity index (χ1v) is 14.9. The standard InChI is InChI=1S/C30H31N3O2S2/c1-18-13-14-23(19(2)15-18)33-29(35)27-22-10-5-4-6-12-25(22)37-28(27)31-30(33)36-17-26(34)32-20(3)16-21-9-7-8-11-24(21)32/h7-9,11,13-15,20H,4-6,10,12,16-17H2,1-3H3/t20-/m0/s1. The fourth-order valence-electron chi connectivity index (χ4n) is 5.87. The number of aromatic nitrogens is 2. The van der Waals surface area contributed by atoms with E-state index in [0.717, 1.165) is 64.8 Å². The van der Waals surface area contributed by atoms with E-state index >= 15 is 0 Å². The van der Waals surface area contributed by atoms with Gasteiger partial charge < -0.3 is 4.90 Å². The number of benzene rings is 2. The molecule has 0 saturated heterocycles. The molecule has 0 saturated carbocycles. The molecular formula is C30H31N3O2S2. The number of hydrogen-bond acceptors (Lipinski definition) is 5. The summed E-state index contributed by atoms with van der Waals surface area (Å²) in [5.41, 5.74) is 6.42. The van der Waals surface area contributed by atoms with Crippen molar-refractivity contribution in [1.82, 2.24) is 9.55 Å². The van der Waals surface area contributed by atoms with Crippen LogP contribution in [0.15, 0.2) is 52.4 Å². The van der Waals surface area contributed by atoms with E-state index < -0.39 is 0 Å². The summed E-state index contributed by atoms with van der Waals surface area (Å²) in [6.07, 6.45) is 6.31. The average Bonchev–Trinajstić information content (AvgIpc) is 3.30. The number of carbonyl (C=O) groups is 1. The van der Waals surface area contributed by atoms with E-state index in [0.29, 0.717) is 5.16 Å². The Labute approximate surface area is 225 Å². The number of fused-ring (bicyclic) bond motifs is 4. The maximum absolute atomic E-state index is 14.2. The normalized spacial score (nSPS) is 17.1. The number of thioether (sulfide) groups is 1. The van der Waals surface area contributed by atoms with Crippen LogP contribution in [0.3, 0.4) is 0 Å². The number of amides is 1. The monoisotopic (exact) mass is 529 g/mol. The maximum Gasteiger partial charge on any atom is 0.267 e. The molecule has 7 heteroatoms. The largest absolute Gasteiger partial charge is 0.308 e. The molecule has 190 valence electrons. The van der Waals surface area contributed by atoms with E-state index in [4.69, 9.17) is 4.98 Å². The van der Waals surface area contributed by atoms with Crippen LogP contribution in [-0.2, 0) is 24.1 Å². The molecule has 3 heterocycles. The van der Waals surface area contributed by atoms with Gasteiger partial charge in [0.25, 0.3) is 5.56 Å². The van der Waals surface area contributed by atoms with E-state index in [1.165, 1.54) is 34.2 Å². The number of anilines is 1. The molecule has 4 aromatic rings. The van der Waals surface area contributed by atoms with Crippen LogP contribution in [0, 0.1) is 13.8 Å². The van der Waals surface area contributed by atoms with E-state index in [1.54, 1.807) is 15.9 Å². The predicted octanol–water partition coefficient (Wildman–Crippen LogP) is 6.40. The second kappa shape index (κ2) is 9.76. The fraction of sp³-hybridized carbons (Fsp3) is 0.367. The van der Waals surface area contributed by atoms with Gasteiger partial charge in [-0.05, 0) is 81.7 Å². The topological polar surface area (TPSA) is 55.2 Å². The first-order valence-electron chi connectivity index (χ1n) is 13.1. The van der Waals surface area contributed by atoms with Gasteiger partial charge in [0, 0.05) is 16.6 Å². The second-order valence-corrected chi connectivity index (χ2v) is 12.3. The Bertz CT molecular complexity index is 1590. The number of rotatable bonds is 4. The molecular weight excluding hydrogens is 498 g/mol. The van der Waals surface area contributed by atoms with Crippen molar-refractivity contribution in [3.63, 3.8) is 0 Å². The first-order chi connectivity index (χ1) is 17.9. The van der Waals surface area contributed by atoms with E-state index in [9.17, 15) is 9.59 Å². The third-order valence-corrected chi connectivity index (χ3v) is 9.71. The Morgan fingerprint density at radius 1 is 1.08 bits per heavy atom. The molecule has 2 aromatic heterocycles. The molecule has 0 bridgehead atoms. The minimum absolute atomic E-state index is 0.00816. The zero-order chi connectivity index (χ0) is 25.7. The van der Waals surface area contributed by atoms with Crippen LogP contribution in [0.5, 0.6) is 0 Å². The number of para-hydroxylation sites is 1. The van der Waals surface area contributed by atoms with Crippen LogP contribution in [0.4, 0.5) is 5.69 Å². The highest BCUT2D eigenvalue weighted by Crippen LogP contribution is 2.36. The van der Waals surface area contributed by atoms with Crippen molar-refractivity contribution in [3.05, 3.63) is 79.9 Å². The highest BCUT2D eigenvalue weighted by molar-refractivity contribution is 7.99. The summed E-state index contributed by atoms with van der Waals surface area (Å²) >= 11 is 3.04. The van der Waals surface area contributed by atoms with Gasteiger partial charge in [0.15, 0.2) is 5.16 Å². The second-order valence-electron chi connectivity index (χ2n) is 10.3. The van der Waals surface area contributed by atoms with Crippen molar-refractivity contribution in [2.75, 3.05) is 10.7 Å². The van der Waals surface area contributed by atoms with Crippen molar-refractivity contribution >= 4 is 44.9 Å². The average molecular weight is 530 g/mol. The smallest absolute Gasteiger partial charge is 0.267 e. The highest BCUT2D eigenvalue weighted by Gasteiger charge is 2.31. The Hall–Kier alpha value is -2.90. The summed E-state index contributed by atoms with van der Waals surface area (Å²) in [5, 5.41) is 1.37. The summed E-state index contributed by atoms with van der Waals surface area (Å²) < 4.78 is 1.76. The Morgan fingerprint density at radius 3 is 2.73 bits per heavy atom. The van der Waals surface area contributed by atoms with Gasteiger partial charge in [0.2, 0.25) is 5.91 Å². The molecule has 1 amide bonds. The van der Waals surface area contributed by atoms with Crippen molar-refractivity contribution in [2.24, 2.45) is 0 Å². The van der Waals surface area contributed by atoms with E-state index in [2.05, 4.69) is 26.0 Å². The summed E-state index contributed by atoms with van der Waals surface area (Å²) in [7, 11) is 0. The van der Waals surface area contributed by atoms with E-state index in [1.807, 2.05) is 42.2 Å². The summed E-state index contributed by atoms with van der Waals surface area (Å²) in [6.45, 7) is 6.19. The van der Waals surface area contributed by atoms with Gasteiger partial charge in [0.05, 0.1) is 16.8 Å². The minimum atomic E-state index is -0.00816. The highest BCUT2D eigenvalue weighted by atomic mass is 32.2. The molecule has 1 aliphatic carbocycles. The van der Waals surface area contributed by atoms with Gasteiger partial charge >= 0.3 is 0 Å². The Balaban J connectivity index is 1.43. The van der Waals surface area contributed by atoms with Crippen molar-refractivity contribution < 1.29 is 4.79 Å². The van der Waals surface area contributed by atoms with Gasteiger partial charge in [-0.15, -0.1) is 11.3 Å². The van der Waals surface area contributed by atoms with Crippen molar-refractivity contribution in [2.45, 2.75) is 70.5 Å². The van der Waals surface area contributed by atoms with Gasteiger partial charge in [-0.2, -0.15) is 0 Å². The number of carbonyl (C=O) groups excluding carboxylic acids is 1.